The van der Waals surface area contributed by atoms with E-state index in [2.05, 4.69) is 10.6 Å². The molecular weight excluding hydrogens is 358 g/mol. The van der Waals surface area contributed by atoms with E-state index in [1.807, 2.05) is 13.8 Å². The Bertz CT molecular complexity index is 672. The van der Waals surface area contributed by atoms with Gasteiger partial charge in [0.15, 0.2) is 6.61 Å². The Labute approximate surface area is 158 Å². The van der Waals surface area contributed by atoms with Gasteiger partial charge in [-0.05, 0) is 44.9 Å². The monoisotopic (exact) mass is 381 g/mol. The number of rotatable bonds is 9. The van der Waals surface area contributed by atoms with Crippen molar-refractivity contribution in [2.45, 2.75) is 26.7 Å². The van der Waals surface area contributed by atoms with Crippen LogP contribution in [0.4, 0.5) is 5.69 Å². The quantitative estimate of drug-likeness (QED) is 0.685. The highest BCUT2D eigenvalue weighted by Gasteiger charge is 2.29. The SMILES string of the molecule is CCN(CC)C(=O)COc1ccc(NC(=O)CNC(=O)C2CC2)cc1Cl. The second-order valence-corrected chi connectivity index (χ2v) is 6.45. The van der Waals surface area contributed by atoms with Gasteiger partial charge in [0.1, 0.15) is 5.75 Å². The highest BCUT2D eigenvalue weighted by Crippen LogP contribution is 2.29. The van der Waals surface area contributed by atoms with Crippen LogP contribution in [0.5, 0.6) is 5.75 Å². The van der Waals surface area contributed by atoms with Gasteiger partial charge < -0.3 is 20.3 Å². The molecule has 0 aromatic heterocycles. The van der Waals surface area contributed by atoms with Crippen molar-refractivity contribution >= 4 is 35.0 Å². The van der Waals surface area contributed by atoms with E-state index in [4.69, 9.17) is 16.3 Å². The molecule has 0 atom stereocenters. The van der Waals surface area contributed by atoms with Crippen LogP contribution in [0.3, 0.4) is 0 Å². The summed E-state index contributed by atoms with van der Waals surface area (Å²) in [6.45, 7) is 4.87. The van der Waals surface area contributed by atoms with Crippen molar-refractivity contribution in [3.63, 3.8) is 0 Å². The minimum atomic E-state index is -0.333. The molecule has 1 aliphatic rings. The zero-order valence-electron chi connectivity index (χ0n) is 15.0. The van der Waals surface area contributed by atoms with Crippen LogP contribution in [0.1, 0.15) is 26.7 Å². The van der Waals surface area contributed by atoms with E-state index in [0.29, 0.717) is 24.5 Å². The summed E-state index contributed by atoms with van der Waals surface area (Å²) >= 11 is 6.15. The maximum absolute atomic E-state index is 11.9. The number of likely N-dealkylation sites (N-methyl/N-ethyl adjacent to an activating group) is 1. The normalized spacial score (nSPS) is 13.0. The topological polar surface area (TPSA) is 87.7 Å². The zero-order chi connectivity index (χ0) is 19.1. The van der Waals surface area contributed by atoms with Gasteiger partial charge in [0, 0.05) is 24.7 Å². The second-order valence-electron chi connectivity index (χ2n) is 6.04. The number of hydrogen-bond donors (Lipinski definition) is 2. The van der Waals surface area contributed by atoms with Crippen LogP contribution >= 0.6 is 11.6 Å². The number of anilines is 1. The minimum Gasteiger partial charge on any atom is -0.482 e. The highest BCUT2D eigenvalue weighted by atomic mass is 35.5. The summed E-state index contributed by atoms with van der Waals surface area (Å²) in [5.74, 6) is -0.102. The van der Waals surface area contributed by atoms with Gasteiger partial charge in [-0.25, -0.2) is 0 Å². The Balaban J connectivity index is 1.82. The smallest absolute Gasteiger partial charge is 0.260 e. The summed E-state index contributed by atoms with van der Waals surface area (Å²) in [5, 5.41) is 5.54. The fourth-order valence-corrected chi connectivity index (χ4v) is 2.60. The van der Waals surface area contributed by atoms with E-state index in [-0.39, 0.29) is 41.8 Å². The standard InChI is InChI=1S/C18H24ClN3O4/c1-3-22(4-2)17(24)11-26-15-8-7-13(9-14(15)19)21-16(23)10-20-18(25)12-5-6-12/h7-9,12H,3-6,10-11H2,1-2H3,(H,20,25)(H,21,23). The molecule has 1 fully saturated rings. The third kappa shape index (κ3) is 5.91. The Morgan fingerprint density at radius 2 is 1.92 bits per heavy atom. The predicted octanol–water partition coefficient (Wildman–Crippen LogP) is 2.05. The van der Waals surface area contributed by atoms with Gasteiger partial charge >= 0.3 is 0 Å². The molecule has 26 heavy (non-hydrogen) atoms. The molecule has 0 radical (unpaired) electrons. The largest absolute Gasteiger partial charge is 0.482 e. The van der Waals surface area contributed by atoms with Gasteiger partial charge in [-0.3, -0.25) is 14.4 Å². The van der Waals surface area contributed by atoms with Crippen molar-refractivity contribution in [2.75, 3.05) is 31.6 Å². The van der Waals surface area contributed by atoms with Gasteiger partial charge in [0.05, 0.1) is 11.6 Å². The van der Waals surface area contributed by atoms with Crippen LogP contribution in [0.2, 0.25) is 5.02 Å². The highest BCUT2D eigenvalue weighted by molar-refractivity contribution is 6.32. The van der Waals surface area contributed by atoms with Crippen molar-refractivity contribution in [3.05, 3.63) is 23.2 Å². The molecule has 0 saturated heterocycles. The van der Waals surface area contributed by atoms with Crippen LogP contribution in [0, 0.1) is 5.92 Å². The molecule has 1 aromatic rings. The van der Waals surface area contributed by atoms with Crippen molar-refractivity contribution in [1.82, 2.24) is 10.2 Å². The molecule has 1 aromatic carbocycles. The fourth-order valence-electron chi connectivity index (χ4n) is 2.37. The number of carbonyl (C=O) groups excluding carboxylic acids is 3. The zero-order valence-corrected chi connectivity index (χ0v) is 15.8. The van der Waals surface area contributed by atoms with Gasteiger partial charge in [0.25, 0.3) is 5.91 Å². The first-order valence-electron chi connectivity index (χ1n) is 8.72. The molecule has 0 spiro atoms. The first-order chi connectivity index (χ1) is 12.4. The summed E-state index contributed by atoms with van der Waals surface area (Å²) in [6.07, 6.45) is 1.78. The Morgan fingerprint density at radius 3 is 2.50 bits per heavy atom. The molecule has 2 N–H and O–H groups in total. The van der Waals surface area contributed by atoms with E-state index >= 15 is 0 Å². The third-order valence-electron chi connectivity index (χ3n) is 4.05. The molecule has 7 nitrogen and oxygen atoms in total. The number of halogens is 1. The van der Waals surface area contributed by atoms with Crippen LogP contribution in [0.15, 0.2) is 18.2 Å². The molecule has 3 amide bonds. The Hall–Kier alpha value is -2.28. The fraction of sp³-hybridized carbons (Fsp3) is 0.500. The minimum absolute atomic E-state index is 0.0627. The maximum Gasteiger partial charge on any atom is 0.260 e. The van der Waals surface area contributed by atoms with Gasteiger partial charge in [-0.15, -0.1) is 0 Å². The summed E-state index contributed by atoms with van der Waals surface area (Å²) in [7, 11) is 0. The number of amides is 3. The van der Waals surface area contributed by atoms with Crippen molar-refractivity contribution < 1.29 is 19.1 Å². The Kier molecular flexibility index (Phi) is 7.26. The third-order valence-corrected chi connectivity index (χ3v) is 4.35. The van der Waals surface area contributed by atoms with Gasteiger partial charge in [0.2, 0.25) is 11.8 Å². The van der Waals surface area contributed by atoms with Crippen LogP contribution in [-0.4, -0.2) is 48.9 Å². The summed E-state index contributed by atoms with van der Waals surface area (Å²) < 4.78 is 5.46. The van der Waals surface area contributed by atoms with Crippen molar-refractivity contribution in [3.8, 4) is 5.75 Å². The maximum atomic E-state index is 11.9. The molecule has 0 heterocycles. The number of benzene rings is 1. The molecule has 1 saturated carbocycles. The second kappa shape index (κ2) is 9.43. The molecule has 1 aliphatic carbocycles. The lowest BCUT2D eigenvalue weighted by Crippen LogP contribution is -2.34. The van der Waals surface area contributed by atoms with Crippen LogP contribution in [0.25, 0.3) is 0 Å². The number of nitrogens with zero attached hydrogens (tertiary/aromatic N) is 1. The lowest BCUT2D eigenvalue weighted by molar-refractivity contribution is -0.133. The van der Waals surface area contributed by atoms with Crippen LogP contribution < -0.4 is 15.4 Å². The van der Waals surface area contributed by atoms with Crippen molar-refractivity contribution in [1.29, 1.82) is 0 Å². The van der Waals surface area contributed by atoms with E-state index in [1.54, 1.807) is 23.1 Å². The van der Waals surface area contributed by atoms with E-state index in [9.17, 15) is 14.4 Å². The number of nitrogens with one attached hydrogen (secondary N) is 2. The summed E-state index contributed by atoms with van der Waals surface area (Å²) in [4.78, 5) is 37.0. The number of hydrogen-bond acceptors (Lipinski definition) is 4. The molecule has 0 unspecified atom stereocenters. The first-order valence-corrected chi connectivity index (χ1v) is 9.10. The average Bonchev–Trinajstić information content (AvgIpc) is 3.45. The Morgan fingerprint density at radius 1 is 1.23 bits per heavy atom. The number of ether oxygens (including phenoxy) is 1. The number of carbonyl (C=O) groups is 3. The molecule has 8 heteroatoms. The van der Waals surface area contributed by atoms with Gasteiger partial charge in [-0.1, -0.05) is 11.6 Å². The predicted molar refractivity (Wildman–Crippen MR) is 99.2 cm³/mol. The lowest BCUT2D eigenvalue weighted by Gasteiger charge is -2.19. The molecule has 142 valence electrons. The molecule has 2 rings (SSSR count). The van der Waals surface area contributed by atoms with E-state index in [0.717, 1.165) is 12.8 Å². The first kappa shape index (κ1) is 20.0. The van der Waals surface area contributed by atoms with Crippen molar-refractivity contribution in [2.24, 2.45) is 5.92 Å². The van der Waals surface area contributed by atoms with Crippen LogP contribution in [-0.2, 0) is 14.4 Å². The lowest BCUT2D eigenvalue weighted by atomic mass is 10.3. The molecular formula is C18H24ClN3O4. The molecule has 0 aliphatic heterocycles. The summed E-state index contributed by atoms with van der Waals surface area (Å²) in [6, 6.07) is 4.76. The molecule has 0 bridgehead atoms. The van der Waals surface area contributed by atoms with E-state index < -0.39 is 0 Å². The average molecular weight is 382 g/mol. The summed E-state index contributed by atoms with van der Waals surface area (Å²) in [5.41, 5.74) is 0.489. The van der Waals surface area contributed by atoms with E-state index in [1.165, 1.54) is 0 Å². The van der Waals surface area contributed by atoms with Gasteiger partial charge in [-0.2, -0.15) is 0 Å².